The molecule has 0 aliphatic heterocycles. The zero-order valence-corrected chi connectivity index (χ0v) is 17.8. The van der Waals surface area contributed by atoms with Crippen molar-refractivity contribution in [2.75, 3.05) is 12.4 Å². The molecular formula is C23H26N2O3S. The van der Waals surface area contributed by atoms with Crippen LogP contribution in [-0.4, -0.2) is 18.0 Å². The predicted octanol–water partition coefficient (Wildman–Crippen LogP) is 5.50. The number of aryl methyl sites for hydroxylation is 2. The Labute approximate surface area is 175 Å². The van der Waals surface area contributed by atoms with Crippen LogP contribution >= 0.6 is 11.3 Å². The number of hydrogen-bond acceptors (Lipinski definition) is 5. The van der Waals surface area contributed by atoms with E-state index in [4.69, 9.17) is 9.47 Å². The second-order valence-corrected chi connectivity index (χ2v) is 7.77. The predicted molar refractivity (Wildman–Crippen MR) is 117 cm³/mol. The molecule has 2 aromatic heterocycles. The maximum absolute atomic E-state index is 12.8. The Hall–Kier alpha value is -2.86. The van der Waals surface area contributed by atoms with Crippen molar-refractivity contribution in [3.8, 4) is 11.5 Å². The van der Waals surface area contributed by atoms with Crippen LogP contribution in [0.4, 0.5) is 5.69 Å². The summed E-state index contributed by atoms with van der Waals surface area (Å²) >= 11 is 1.58. The summed E-state index contributed by atoms with van der Waals surface area (Å²) in [7, 11) is 1.59. The number of methoxy groups -OCH3 is 1. The number of carbonyl (C=O) groups excluding carboxylic acids is 1. The Balaban J connectivity index is 1.74. The zero-order valence-electron chi connectivity index (χ0n) is 17.0. The first-order valence-electron chi connectivity index (χ1n) is 9.77. The lowest BCUT2D eigenvalue weighted by atomic mass is 10.1. The van der Waals surface area contributed by atoms with Gasteiger partial charge in [0.25, 0.3) is 5.91 Å². The number of anilines is 1. The van der Waals surface area contributed by atoms with Gasteiger partial charge in [-0.05, 0) is 42.7 Å². The Morgan fingerprint density at radius 3 is 2.72 bits per heavy atom. The van der Waals surface area contributed by atoms with Gasteiger partial charge in [0.2, 0.25) is 0 Å². The molecule has 0 saturated carbocycles. The third-order valence-electron chi connectivity index (χ3n) is 4.52. The Morgan fingerprint density at radius 1 is 1.17 bits per heavy atom. The molecule has 152 valence electrons. The first kappa shape index (κ1) is 20.9. The SMILES string of the molecule is CCCc1sc(C(=O)Nc2ccc(OC)c(OCc3cccnc3)c2)cc1CC. The van der Waals surface area contributed by atoms with Crippen LogP contribution in [0.3, 0.4) is 0 Å². The molecule has 0 saturated heterocycles. The zero-order chi connectivity index (χ0) is 20.6. The van der Waals surface area contributed by atoms with Crippen molar-refractivity contribution in [3.63, 3.8) is 0 Å². The highest BCUT2D eigenvalue weighted by Crippen LogP contribution is 2.32. The van der Waals surface area contributed by atoms with E-state index in [9.17, 15) is 4.79 Å². The van der Waals surface area contributed by atoms with Gasteiger partial charge < -0.3 is 14.8 Å². The maximum Gasteiger partial charge on any atom is 0.265 e. The quantitative estimate of drug-likeness (QED) is 0.506. The van der Waals surface area contributed by atoms with Crippen LogP contribution in [0.2, 0.25) is 0 Å². The molecule has 0 atom stereocenters. The smallest absolute Gasteiger partial charge is 0.265 e. The number of nitrogens with one attached hydrogen (secondary N) is 1. The molecule has 1 aromatic carbocycles. The number of thiophene rings is 1. The van der Waals surface area contributed by atoms with E-state index >= 15 is 0 Å². The summed E-state index contributed by atoms with van der Waals surface area (Å²) in [4.78, 5) is 18.9. The normalized spacial score (nSPS) is 10.6. The number of nitrogens with zero attached hydrogens (tertiary/aromatic N) is 1. The van der Waals surface area contributed by atoms with Crippen LogP contribution in [0.1, 0.15) is 45.9 Å². The van der Waals surface area contributed by atoms with Crippen molar-refractivity contribution in [2.45, 2.75) is 39.7 Å². The third kappa shape index (κ3) is 5.35. The second kappa shape index (κ2) is 10.1. The average molecular weight is 411 g/mol. The Bertz CT molecular complexity index is 954. The summed E-state index contributed by atoms with van der Waals surface area (Å²) in [6.45, 7) is 4.65. The number of rotatable bonds is 9. The number of pyridine rings is 1. The molecule has 0 spiro atoms. The van der Waals surface area contributed by atoms with Gasteiger partial charge >= 0.3 is 0 Å². The lowest BCUT2D eigenvalue weighted by molar-refractivity contribution is 0.103. The minimum absolute atomic E-state index is 0.101. The van der Waals surface area contributed by atoms with Crippen LogP contribution in [0.15, 0.2) is 48.8 Å². The lowest BCUT2D eigenvalue weighted by Crippen LogP contribution is -2.10. The molecule has 5 nitrogen and oxygen atoms in total. The minimum Gasteiger partial charge on any atom is -0.493 e. The topological polar surface area (TPSA) is 60.5 Å². The molecule has 0 radical (unpaired) electrons. The van der Waals surface area contributed by atoms with E-state index in [0.717, 1.165) is 29.7 Å². The number of hydrogen-bond donors (Lipinski definition) is 1. The van der Waals surface area contributed by atoms with E-state index in [1.54, 1.807) is 43.0 Å². The van der Waals surface area contributed by atoms with Gasteiger partial charge in [-0.15, -0.1) is 11.3 Å². The summed E-state index contributed by atoms with van der Waals surface area (Å²) in [6, 6.07) is 11.2. The summed E-state index contributed by atoms with van der Waals surface area (Å²) in [5.74, 6) is 1.08. The van der Waals surface area contributed by atoms with Gasteiger partial charge in [0, 0.05) is 34.6 Å². The average Bonchev–Trinajstić information content (AvgIpc) is 3.16. The molecule has 29 heavy (non-hydrogen) atoms. The van der Waals surface area contributed by atoms with Gasteiger partial charge in [-0.3, -0.25) is 9.78 Å². The van der Waals surface area contributed by atoms with E-state index in [-0.39, 0.29) is 5.91 Å². The van der Waals surface area contributed by atoms with Gasteiger partial charge in [0.15, 0.2) is 11.5 Å². The standard InChI is InChI=1S/C23H26N2O3S/c1-4-7-21-17(5-2)12-22(29-21)23(26)25-18-9-10-19(27-3)20(13-18)28-15-16-8-6-11-24-14-16/h6,8-14H,4-5,7,15H2,1-3H3,(H,25,26). The fraction of sp³-hybridized carbons (Fsp3) is 0.304. The van der Waals surface area contributed by atoms with E-state index in [1.807, 2.05) is 24.3 Å². The van der Waals surface area contributed by atoms with E-state index in [2.05, 4.69) is 24.1 Å². The van der Waals surface area contributed by atoms with Gasteiger partial charge in [-0.2, -0.15) is 0 Å². The van der Waals surface area contributed by atoms with Crippen LogP contribution < -0.4 is 14.8 Å². The van der Waals surface area contributed by atoms with Crippen molar-refractivity contribution in [1.29, 1.82) is 0 Å². The van der Waals surface area contributed by atoms with Crippen molar-refractivity contribution in [3.05, 3.63) is 69.7 Å². The first-order chi connectivity index (χ1) is 14.1. The molecule has 1 N–H and O–H groups in total. The number of carbonyl (C=O) groups is 1. The van der Waals surface area contributed by atoms with Crippen LogP contribution in [-0.2, 0) is 19.4 Å². The summed E-state index contributed by atoms with van der Waals surface area (Å²) in [6.07, 6.45) is 6.50. The molecular weight excluding hydrogens is 384 g/mol. The van der Waals surface area contributed by atoms with Crippen LogP contribution in [0, 0.1) is 0 Å². The highest BCUT2D eigenvalue weighted by Gasteiger charge is 2.15. The molecule has 3 rings (SSSR count). The summed E-state index contributed by atoms with van der Waals surface area (Å²) < 4.78 is 11.3. The first-order valence-corrected chi connectivity index (χ1v) is 10.6. The van der Waals surface area contributed by atoms with Crippen molar-refractivity contribution in [1.82, 2.24) is 4.98 Å². The van der Waals surface area contributed by atoms with E-state index < -0.39 is 0 Å². The molecule has 1 amide bonds. The summed E-state index contributed by atoms with van der Waals surface area (Å²) in [5, 5.41) is 2.98. The molecule has 0 fully saturated rings. The van der Waals surface area contributed by atoms with Gasteiger partial charge in [0.05, 0.1) is 12.0 Å². The lowest BCUT2D eigenvalue weighted by Gasteiger charge is -2.13. The fourth-order valence-electron chi connectivity index (χ4n) is 3.02. The molecule has 3 aromatic rings. The molecule has 0 aliphatic rings. The van der Waals surface area contributed by atoms with Gasteiger partial charge in [-0.25, -0.2) is 0 Å². The van der Waals surface area contributed by atoms with E-state index in [1.165, 1.54) is 10.4 Å². The minimum atomic E-state index is -0.101. The summed E-state index contributed by atoms with van der Waals surface area (Å²) in [5.41, 5.74) is 2.89. The number of benzene rings is 1. The monoisotopic (exact) mass is 410 g/mol. The maximum atomic E-state index is 12.8. The Morgan fingerprint density at radius 2 is 2.03 bits per heavy atom. The molecule has 0 unspecified atom stereocenters. The van der Waals surface area contributed by atoms with Crippen molar-refractivity contribution >= 4 is 22.9 Å². The van der Waals surface area contributed by atoms with Gasteiger partial charge in [0.1, 0.15) is 6.61 Å². The molecule has 6 heteroatoms. The largest absolute Gasteiger partial charge is 0.493 e. The molecule has 2 heterocycles. The third-order valence-corrected chi connectivity index (χ3v) is 5.75. The van der Waals surface area contributed by atoms with Crippen LogP contribution in [0.5, 0.6) is 11.5 Å². The number of aromatic nitrogens is 1. The Kier molecular flexibility index (Phi) is 7.25. The number of ether oxygens (including phenoxy) is 2. The van der Waals surface area contributed by atoms with Crippen molar-refractivity contribution < 1.29 is 14.3 Å². The van der Waals surface area contributed by atoms with Crippen LogP contribution in [0.25, 0.3) is 0 Å². The second-order valence-electron chi connectivity index (χ2n) is 6.63. The number of amides is 1. The van der Waals surface area contributed by atoms with Crippen molar-refractivity contribution in [2.24, 2.45) is 0 Å². The highest BCUT2D eigenvalue weighted by molar-refractivity contribution is 7.14. The van der Waals surface area contributed by atoms with Gasteiger partial charge in [-0.1, -0.05) is 26.3 Å². The van der Waals surface area contributed by atoms with E-state index in [0.29, 0.717) is 23.8 Å². The molecule has 0 bridgehead atoms. The molecule has 0 aliphatic carbocycles. The fourth-order valence-corrected chi connectivity index (χ4v) is 4.27. The highest BCUT2D eigenvalue weighted by atomic mass is 32.1.